The molecule has 0 fully saturated rings. The average molecular weight is 251 g/mol. The topological polar surface area (TPSA) is 36.0 Å². The largest absolute Gasteiger partial charge is 0.388 e. The number of aromatic amines is 1. The number of benzene rings is 1. The van der Waals surface area contributed by atoms with Gasteiger partial charge in [0.25, 0.3) is 0 Å². The van der Waals surface area contributed by atoms with Crippen molar-refractivity contribution in [3.8, 4) is 0 Å². The van der Waals surface area contributed by atoms with Crippen LogP contribution in [0.5, 0.6) is 0 Å². The average Bonchev–Trinajstić information content (AvgIpc) is 2.54. The predicted octanol–water partition coefficient (Wildman–Crippen LogP) is 3.45. The smallest absolute Gasteiger partial charge is 0.150 e. The van der Waals surface area contributed by atoms with Crippen molar-refractivity contribution in [2.24, 2.45) is 5.41 Å². The molecule has 1 atom stereocenters. The third-order valence-electron chi connectivity index (χ3n) is 3.68. The van der Waals surface area contributed by atoms with E-state index in [2.05, 4.69) is 18.8 Å². The van der Waals surface area contributed by atoms with Crippen molar-refractivity contribution in [1.29, 1.82) is 0 Å². The molecule has 2 aromatic rings. The van der Waals surface area contributed by atoms with Crippen LogP contribution in [0.3, 0.4) is 0 Å². The van der Waals surface area contributed by atoms with Crippen LogP contribution < -0.4 is 0 Å². The second-order valence-corrected chi connectivity index (χ2v) is 5.89. The number of rotatable bonds is 0. The quantitative estimate of drug-likeness (QED) is 0.739. The van der Waals surface area contributed by atoms with Gasteiger partial charge in [0.1, 0.15) is 11.6 Å². The molecular formula is C14H15F2NO. The minimum atomic E-state index is -0.668. The number of aromatic nitrogens is 1. The van der Waals surface area contributed by atoms with Gasteiger partial charge in [0, 0.05) is 22.7 Å². The first-order valence-electron chi connectivity index (χ1n) is 6.05. The summed E-state index contributed by atoms with van der Waals surface area (Å²) in [5, 5.41) is 10.7. The molecule has 1 aromatic carbocycles. The lowest BCUT2D eigenvalue weighted by atomic mass is 9.75. The molecule has 4 heteroatoms. The van der Waals surface area contributed by atoms with Crippen LogP contribution in [0.2, 0.25) is 0 Å². The van der Waals surface area contributed by atoms with Crippen LogP contribution in [0.4, 0.5) is 8.78 Å². The van der Waals surface area contributed by atoms with Crippen molar-refractivity contribution in [3.05, 3.63) is 35.0 Å². The van der Waals surface area contributed by atoms with E-state index in [0.29, 0.717) is 17.4 Å². The molecule has 1 aliphatic carbocycles. The van der Waals surface area contributed by atoms with Crippen LogP contribution in [0.15, 0.2) is 12.1 Å². The SMILES string of the molecule is CC1(C)Cc2[nH]c3c(F)cc(F)cc3c2C(O)C1. The summed E-state index contributed by atoms with van der Waals surface area (Å²) in [4.78, 5) is 3.00. The van der Waals surface area contributed by atoms with Crippen LogP contribution in [0.1, 0.15) is 37.6 Å². The van der Waals surface area contributed by atoms with Crippen LogP contribution in [-0.4, -0.2) is 10.1 Å². The first-order chi connectivity index (χ1) is 8.37. The maximum Gasteiger partial charge on any atom is 0.150 e. The molecule has 0 aliphatic heterocycles. The van der Waals surface area contributed by atoms with Gasteiger partial charge in [-0.15, -0.1) is 0 Å². The van der Waals surface area contributed by atoms with E-state index in [1.807, 2.05) is 0 Å². The minimum Gasteiger partial charge on any atom is -0.388 e. The Labute approximate surface area is 104 Å². The number of hydrogen-bond acceptors (Lipinski definition) is 1. The number of H-pyrrole nitrogens is 1. The molecular weight excluding hydrogens is 236 g/mol. The first kappa shape index (κ1) is 11.7. The summed E-state index contributed by atoms with van der Waals surface area (Å²) in [5.74, 6) is -1.22. The maximum absolute atomic E-state index is 13.7. The van der Waals surface area contributed by atoms with Crippen molar-refractivity contribution in [2.75, 3.05) is 0 Å². The molecule has 2 N–H and O–H groups in total. The van der Waals surface area contributed by atoms with E-state index in [0.717, 1.165) is 18.2 Å². The number of aliphatic hydroxyl groups is 1. The van der Waals surface area contributed by atoms with Gasteiger partial charge in [0.15, 0.2) is 0 Å². The van der Waals surface area contributed by atoms with Crippen molar-refractivity contribution >= 4 is 10.9 Å². The molecule has 1 aliphatic rings. The fourth-order valence-corrected chi connectivity index (χ4v) is 2.99. The van der Waals surface area contributed by atoms with Crippen molar-refractivity contribution < 1.29 is 13.9 Å². The lowest BCUT2D eigenvalue weighted by molar-refractivity contribution is 0.100. The van der Waals surface area contributed by atoms with Crippen LogP contribution in [-0.2, 0) is 6.42 Å². The number of nitrogens with one attached hydrogen (secondary N) is 1. The molecule has 0 spiro atoms. The van der Waals surface area contributed by atoms with Gasteiger partial charge in [-0.1, -0.05) is 13.8 Å². The van der Waals surface area contributed by atoms with Crippen molar-refractivity contribution in [1.82, 2.24) is 4.98 Å². The minimum absolute atomic E-state index is 0.0394. The number of hydrogen-bond donors (Lipinski definition) is 2. The molecule has 0 radical (unpaired) electrons. The van der Waals surface area contributed by atoms with Gasteiger partial charge in [-0.25, -0.2) is 8.78 Å². The number of fused-ring (bicyclic) bond motifs is 3. The van der Waals surface area contributed by atoms with Gasteiger partial charge in [-0.2, -0.15) is 0 Å². The highest BCUT2D eigenvalue weighted by atomic mass is 19.1. The van der Waals surface area contributed by atoms with Crippen LogP contribution >= 0.6 is 0 Å². The van der Waals surface area contributed by atoms with Crippen LogP contribution in [0.25, 0.3) is 10.9 Å². The molecule has 3 rings (SSSR count). The molecule has 1 unspecified atom stereocenters. The third-order valence-corrected chi connectivity index (χ3v) is 3.68. The normalized spacial score (nSPS) is 22.2. The van der Waals surface area contributed by atoms with Crippen LogP contribution in [0, 0.1) is 17.0 Å². The van der Waals surface area contributed by atoms with Gasteiger partial charge in [-0.3, -0.25) is 0 Å². The zero-order valence-corrected chi connectivity index (χ0v) is 10.3. The standard InChI is InChI=1S/C14H15F2NO/c1-14(2)5-10-12(11(18)6-14)8-3-7(15)4-9(16)13(8)17-10/h3-4,11,17-18H,5-6H2,1-2H3. The zero-order valence-electron chi connectivity index (χ0n) is 10.3. The molecule has 0 bridgehead atoms. The summed E-state index contributed by atoms with van der Waals surface area (Å²) in [6.45, 7) is 4.11. The maximum atomic E-state index is 13.7. The monoisotopic (exact) mass is 251 g/mol. The van der Waals surface area contributed by atoms with E-state index in [4.69, 9.17) is 0 Å². The fourth-order valence-electron chi connectivity index (χ4n) is 2.99. The summed E-state index contributed by atoms with van der Waals surface area (Å²) in [6, 6.07) is 2.15. The summed E-state index contributed by atoms with van der Waals surface area (Å²) in [5.41, 5.74) is 1.72. The van der Waals surface area contributed by atoms with E-state index >= 15 is 0 Å². The third kappa shape index (κ3) is 1.63. The van der Waals surface area contributed by atoms with Crippen molar-refractivity contribution in [2.45, 2.75) is 32.8 Å². The van der Waals surface area contributed by atoms with Gasteiger partial charge < -0.3 is 10.1 Å². The molecule has 1 aromatic heterocycles. The van der Waals surface area contributed by atoms with Gasteiger partial charge in [-0.05, 0) is 24.3 Å². The predicted molar refractivity (Wildman–Crippen MR) is 65.3 cm³/mol. The Balaban J connectivity index is 2.30. The lowest BCUT2D eigenvalue weighted by Crippen LogP contribution is -2.25. The summed E-state index contributed by atoms with van der Waals surface area (Å²) < 4.78 is 27.0. The van der Waals surface area contributed by atoms with Gasteiger partial charge in [0.2, 0.25) is 0 Å². The molecule has 96 valence electrons. The van der Waals surface area contributed by atoms with Crippen molar-refractivity contribution in [3.63, 3.8) is 0 Å². The Morgan fingerprint density at radius 2 is 2.06 bits per heavy atom. The van der Waals surface area contributed by atoms with E-state index in [9.17, 15) is 13.9 Å². The van der Waals surface area contributed by atoms with E-state index in [1.165, 1.54) is 6.07 Å². The van der Waals surface area contributed by atoms with E-state index < -0.39 is 17.7 Å². The highest BCUT2D eigenvalue weighted by molar-refractivity contribution is 5.86. The molecule has 2 nitrogen and oxygen atoms in total. The van der Waals surface area contributed by atoms with E-state index in [-0.39, 0.29) is 10.9 Å². The van der Waals surface area contributed by atoms with Gasteiger partial charge in [0.05, 0.1) is 11.6 Å². The Morgan fingerprint density at radius 1 is 1.33 bits per heavy atom. The molecule has 0 saturated heterocycles. The van der Waals surface area contributed by atoms with Gasteiger partial charge >= 0.3 is 0 Å². The summed E-state index contributed by atoms with van der Waals surface area (Å²) in [7, 11) is 0. The molecule has 1 heterocycles. The first-order valence-corrected chi connectivity index (χ1v) is 6.05. The number of halogens is 2. The highest BCUT2D eigenvalue weighted by Crippen LogP contribution is 2.43. The number of aliphatic hydroxyl groups excluding tert-OH is 1. The zero-order chi connectivity index (χ0) is 13.1. The summed E-state index contributed by atoms with van der Waals surface area (Å²) in [6.07, 6.45) is 0.666. The Hall–Kier alpha value is -1.42. The summed E-state index contributed by atoms with van der Waals surface area (Å²) >= 11 is 0. The highest BCUT2D eigenvalue weighted by Gasteiger charge is 2.34. The molecule has 18 heavy (non-hydrogen) atoms. The van der Waals surface area contributed by atoms with E-state index in [1.54, 1.807) is 0 Å². The second kappa shape index (κ2) is 3.54. The second-order valence-electron chi connectivity index (χ2n) is 5.89. The Kier molecular flexibility index (Phi) is 2.29. The Bertz CT molecular complexity index is 630. The fraction of sp³-hybridized carbons (Fsp3) is 0.429. The Morgan fingerprint density at radius 3 is 2.78 bits per heavy atom. The molecule has 0 saturated carbocycles. The lowest BCUT2D eigenvalue weighted by Gasteiger charge is -2.32. The molecule has 0 amide bonds.